The zero-order valence-electron chi connectivity index (χ0n) is 27.1. The minimum absolute atomic E-state index is 0. The number of nitrogens with zero attached hydrogens (tertiary/aromatic N) is 3. The molecule has 3 aromatic carbocycles. The van der Waals surface area contributed by atoms with Gasteiger partial charge in [0.2, 0.25) is 5.71 Å². The van der Waals surface area contributed by atoms with Crippen molar-refractivity contribution < 1.29 is 24.5 Å². The maximum Gasteiger partial charge on any atom is 0.216 e. The maximum atomic E-state index is 6.35. The monoisotopic (exact) mass is 780 g/mol. The van der Waals surface area contributed by atoms with Gasteiger partial charge in [-0.25, -0.2) is 4.98 Å². The molecule has 0 unspecified atom stereocenters. The summed E-state index contributed by atoms with van der Waals surface area (Å²) in [6.45, 7) is 12.9. The largest absolute Gasteiger partial charge is 0.486 e. The topological polar surface area (TPSA) is 51.8 Å². The first-order valence-electron chi connectivity index (χ1n) is 15.4. The third kappa shape index (κ3) is 7.02. The summed E-state index contributed by atoms with van der Waals surface area (Å²) >= 11 is 0. The van der Waals surface area contributed by atoms with Crippen LogP contribution >= 0.6 is 0 Å². The molecular weight excluding hydrogens is 743 g/mol. The van der Waals surface area contributed by atoms with E-state index in [-0.39, 0.29) is 20.1 Å². The molecule has 4 nitrogen and oxygen atoms in total. The summed E-state index contributed by atoms with van der Waals surface area (Å²) in [4.78, 5) is 13.9. The molecule has 0 fully saturated rings. The number of fused-ring (bicyclic) bond motifs is 3. The van der Waals surface area contributed by atoms with Crippen LogP contribution < -0.4 is 0 Å². The quantitative estimate of drug-likeness (QED) is 0.163. The predicted octanol–water partition coefficient (Wildman–Crippen LogP) is 10.5. The van der Waals surface area contributed by atoms with Crippen LogP contribution in [0.4, 0.5) is 0 Å². The van der Waals surface area contributed by atoms with Crippen molar-refractivity contribution in [3.05, 3.63) is 137 Å². The van der Waals surface area contributed by atoms with Crippen molar-refractivity contribution in [3.8, 4) is 33.8 Å². The van der Waals surface area contributed by atoms with Crippen molar-refractivity contribution in [2.75, 3.05) is 0 Å². The average Bonchev–Trinajstić information content (AvgIpc) is 3.41. The van der Waals surface area contributed by atoms with Gasteiger partial charge in [-0.2, -0.15) is 0 Å². The van der Waals surface area contributed by atoms with E-state index in [0.29, 0.717) is 11.6 Å². The van der Waals surface area contributed by atoms with Crippen molar-refractivity contribution in [2.24, 2.45) is 5.92 Å². The Balaban J connectivity index is 0.000000250. The van der Waals surface area contributed by atoms with Gasteiger partial charge in [-0.15, -0.1) is 54.1 Å². The van der Waals surface area contributed by atoms with Gasteiger partial charge in [-0.1, -0.05) is 66.8 Å². The Kier molecular flexibility index (Phi) is 10.3. The summed E-state index contributed by atoms with van der Waals surface area (Å²) in [5.74, 6) is 0.586. The summed E-state index contributed by atoms with van der Waals surface area (Å²) in [7, 11) is 0. The molecule has 0 spiro atoms. The molecule has 4 aromatic heterocycles. The van der Waals surface area contributed by atoms with Crippen molar-refractivity contribution in [1.82, 2.24) is 15.0 Å². The molecule has 0 bridgehead atoms. The third-order valence-corrected chi connectivity index (χ3v) is 8.03. The number of pyridine rings is 3. The first-order valence-corrected chi connectivity index (χ1v) is 15.4. The summed E-state index contributed by atoms with van der Waals surface area (Å²) in [5, 5.41) is 2.06. The number of aromatic nitrogens is 3. The van der Waals surface area contributed by atoms with Crippen molar-refractivity contribution in [2.45, 2.75) is 48.0 Å². The molecule has 233 valence electrons. The Morgan fingerprint density at radius 1 is 0.696 bits per heavy atom. The number of benzene rings is 3. The molecule has 5 heteroatoms. The van der Waals surface area contributed by atoms with Crippen LogP contribution in [-0.4, -0.2) is 15.0 Å². The standard InChI is InChI=1S/C29H27N2O.C12H10N.Ir/c1-17(2)14-21-15-26(30-16-20(21)5)24-11-7-10-22-23-12-13-25(31-29(23)32-28(22)24)27-18(3)8-6-9-19(27)4;1-10-7-8-12(13-9-10)11-5-3-2-4-6-11;/h6-10,12-13,15-17H,14H2,1-5H3;2-5,7-9H,1H3;/q2*-1;. The molecule has 0 saturated carbocycles. The zero-order chi connectivity index (χ0) is 31.5. The van der Waals surface area contributed by atoms with Crippen LogP contribution in [-0.2, 0) is 26.5 Å². The van der Waals surface area contributed by atoms with E-state index in [2.05, 4.69) is 94.2 Å². The van der Waals surface area contributed by atoms with Crippen LogP contribution in [0.1, 0.15) is 41.7 Å². The Bertz CT molecular complexity index is 2080. The first-order chi connectivity index (χ1) is 21.8. The summed E-state index contributed by atoms with van der Waals surface area (Å²) in [6, 6.07) is 35.2. The van der Waals surface area contributed by atoms with Gasteiger partial charge in [0.15, 0.2) is 0 Å². The molecule has 0 saturated heterocycles. The van der Waals surface area contributed by atoms with Crippen LogP contribution in [0.15, 0.2) is 102 Å². The van der Waals surface area contributed by atoms with E-state index in [1.807, 2.05) is 61.8 Å². The number of hydrogen-bond acceptors (Lipinski definition) is 4. The molecular formula is C41H37IrN3O-2. The maximum absolute atomic E-state index is 6.35. The van der Waals surface area contributed by atoms with Gasteiger partial charge in [0.1, 0.15) is 0 Å². The fourth-order valence-electron chi connectivity index (χ4n) is 5.71. The molecule has 0 aliphatic heterocycles. The van der Waals surface area contributed by atoms with Gasteiger partial charge in [0, 0.05) is 43.4 Å². The van der Waals surface area contributed by atoms with Crippen LogP contribution in [0.5, 0.6) is 0 Å². The SMILES string of the molecule is Cc1ccc(-c2[c-]cccc2)nc1.Cc1cnc(-c2[c-]ccc3c2oc2nc(-c4c(C)cccc4C)ccc23)cc1CC(C)C.[Ir]. The Hall–Kier alpha value is -4.44. The normalized spacial score (nSPS) is 10.9. The van der Waals surface area contributed by atoms with Gasteiger partial charge in [-0.3, -0.25) is 0 Å². The van der Waals surface area contributed by atoms with Crippen molar-refractivity contribution in [3.63, 3.8) is 0 Å². The minimum atomic E-state index is 0. The predicted molar refractivity (Wildman–Crippen MR) is 185 cm³/mol. The molecule has 0 N–H and O–H groups in total. The van der Waals surface area contributed by atoms with Crippen molar-refractivity contribution in [1.29, 1.82) is 0 Å². The van der Waals surface area contributed by atoms with E-state index in [9.17, 15) is 0 Å². The van der Waals surface area contributed by atoms with Gasteiger partial charge >= 0.3 is 0 Å². The first kappa shape index (κ1) is 32.9. The summed E-state index contributed by atoms with van der Waals surface area (Å²) in [6.07, 6.45) is 4.86. The fraction of sp³-hybridized carbons (Fsp3) is 0.195. The number of aryl methyl sites for hydroxylation is 4. The molecule has 0 aliphatic carbocycles. The van der Waals surface area contributed by atoms with E-state index >= 15 is 0 Å². The van der Waals surface area contributed by atoms with E-state index < -0.39 is 0 Å². The van der Waals surface area contributed by atoms with E-state index in [1.54, 1.807) is 0 Å². The van der Waals surface area contributed by atoms with E-state index in [0.717, 1.165) is 51.0 Å². The molecule has 7 rings (SSSR count). The smallest absolute Gasteiger partial charge is 0.216 e. The van der Waals surface area contributed by atoms with Gasteiger partial charge in [0.05, 0.1) is 11.3 Å². The van der Waals surface area contributed by atoms with E-state index in [4.69, 9.17) is 14.4 Å². The van der Waals surface area contributed by atoms with Crippen molar-refractivity contribution >= 4 is 22.1 Å². The Morgan fingerprint density at radius 3 is 2.15 bits per heavy atom. The fourth-order valence-corrected chi connectivity index (χ4v) is 5.71. The summed E-state index contributed by atoms with van der Waals surface area (Å²) in [5.41, 5.74) is 13.5. The number of hydrogen-bond donors (Lipinski definition) is 0. The zero-order valence-corrected chi connectivity index (χ0v) is 29.5. The molecule has 46 heavy (non-hydrogen) atoms. The molecule has 0 atom stereocenters. The van der Waals surface area contributed by atoms with Gasteiger partial charge in [-0.05, 0) is 85.8 Å². The number of furan rings is 1. The van der Waals surface area contributed by atoms with Crippen LogP contribution in [0.3, 0.4) is 0 Å². The average molecular weight is 780 g/mol. The summed E-state index contributed by atoms with van der Waals surface area (Å²) < 4.78 is 6.35. The second-order valence-electron chi connectivity index (χ2n) is 12.1. The van der Waals surface area contributed by atoms with E-state index in [1.165, 1.54) is 33.4 Å². The minimum Gasteiger partial charge on any atom is -0.486 e. The second-order valence-corrected chi connectivity index (χ2v) is 12.1. The van der Waals surface area contributed by atoms with Gasteiger partial charge < -0.3 is 14.4 Å². The molecule has 7 aromatic rings. The van der Waals surface area contributed by atoms with Crippen LogP contribution in [0, 0.1) is 45.7 Å². The Labute approximate surface area is 285 Å². The second kappa shape index (κ2) is 14.3. The van der Waals surface area contributed by atoms with Crippen LogP contribution in [0.25, 0.3) is 55.8 Å². The molecule has 0 aliphatic rings. The number of rotatable bonds is 5. The molecule has 0 amide bonds. The molecule has 4 heterocycles. The van der Waals surface area contributed by atoms with Crippen LogP contribution in [0.2, 0.25) is 0 Å². The molecule has 1 radical (unpaired) electrons. The third-order valence-electron chi connectivity index (χ3n) is 8.03. The van der Waals surface area contributed by atoms with Gasteiger partial charge in [0.25, 0.3) is 0 Å². The Morgan fingerprint density at radius 2 is 1.46 bits per heavy atom.